The van der Waals surface area contributed by atoms with Gasteiger partial charge in [-0.25, -0.2) is 4.39 Å². The van der Waals surface area contributed by atoms with Gasteiger partial charge in [0.1, 0.15) is 5.82 Å². The number of halogens is 1. The molecule has 0 amide bonds. The molecule has 7 aliphatic rings. The molecule has 44 heavy (non-hydrogen) atoms. The molecule has 3 aliphatic heterocycles. The Hall–Kier alpha value is -2.01. The van der Waals surface area contributed by atoms with Gasteiger partial charge in [-0.15, -0.1) is 0 Å². The highest BCUT2D eigenvalue weighted by Gasteiger charge is 2.55. The van der Waals surface area contributed by atoms with E-state index in [1.165, 1.54) is 58.0 Å². The van der Waals surface area contributed by atoms with Crippen LogP contribution >= 0.6 is 0 Å². The second-order valence-electron chi connectivity index (χ2n) is 15.7. The number of nitriles is 1. The smallest absolute Gasteiger partial charge is 0.305 e. The number of ether oxygens (including phenoxy) is 1. The lowest BCUT2D eigenvalue weighted by Crippen LogP contribution is -2.65. The molecule has 4 aliphatic carbocycles. The molecule has 0 N–H and O–H groups in total. The molecule has 3 heterocycles. The minimum atomic E-state index is -0.142. The molecule has 8 rings (SSSR count). The predicted octanol–water partition coefficient (Wildman–Crippen LogP) is 6.01. The SMILES string of the molecule is COC(=O)C[C@H]1CCC[C@@H]1[C@](CN1CCC1)(c1cccc(F)c1)C1CCN(CC2CN(C34CCC(C#N)(CC3)CC4)C2)CC1. The van der Waals surface area contributed by atoms with Crippen LogP contribution in [0.3, 0.4) is 0 Å². The summed E-state index contributed by atoms with van der Waals surface area (Å²) in [4.78, 5) is 20.7. The third-order valence-electron chi connectivity index (χ3n) is 13.7. The number of hydrogen-bond donors (Lipinski definition) is 0. The first kappa shape index (κ1) is 30.6. The molecule has 240 valence electrons. The first-order valence-corrected chi connectivity index (χ1v) is 17.8. The van der Waals surface area contributed by atoms with Crippen molar-refractivity contribution in [2.45, 2.75) is 94.4 Å². The van der Waals surface area contributed by atoms with Gasteiger partial charge >= 0.3 is 5.97 Å². The van der Waals surface area contributed by atoms with E-state index >= 15 is 0 Å². The Morgan fingerprint density at radius 2 is 1.73 bits per heavy atom. The summed E-state index contributed by atoms with van der Waals surface area (Å²) in [6.45, 7) is 9.09. The van der Waals surface area contributed by atoms with Crippen LogP contribution in [0.4, 0.5) is 4.39 Å². The lowest BCUT2D eigenvalue weighted by Gasteiger charge is -2.60. The molecular weight excluding hydrogens is 551 g/mol. The van der Waals surface area contributed by atoms with Crippen LogP contribution in [0.5, 0.6) is 0 Å². The van der Waals surface area contributed by atoms with Crippen molar-refractivity contribution in [1.82, 2.24) is 14.7 Å². The molecular formula is C37H53FN4O2. The second kappa shape index (κ2) is 12.3. The van der Waals surface area contributed by atoms with Crippen molar-refractivity contribution in [2.24, 2.45) is 29.1 Å². The van der Waals surface area contributed by atoms with Crippen molar-refractivity contribution in [3.05, 3.63) is 35.6 Å². The Kier molecular flexibility index (Phi) is 8.57. The van der Waals surface area contributed by atoms with E-state index in [4.69, 9.17) is 4.74 Å². The Morgan fingerprint density at radius 1 is 1.00 bits per heavy atom. The fourth-order valence-electron chi connectivity index (χ4n) is 10.9. The van der Waals surface area contributed by atoms with Gasteiger partial charge in [-0.3, -0.25) is 9.69 Å². The van der Waals surface area contributed by atoms with E-state index in [0.29, 0.717) is 29.7 Å². The van der Waals surface area contributed by atoms with Crippen LogP contribution in [0.1, 0.15) is 89.0 Å². The summed E-state index contributed by atoms with van der Waals surface area (Å²) in [6.07, 6.45) is 14.3. The van der Waals surface area contributed by atoms with Crippen molar-refractivity contribution < 1.29 is 13.9 Å². The van der Waals surface area contributed by atoms with Crippen molar-refractivity contribution >= 4 is 5.97 Å². The maximum absolute atomic E-state index is 14.9. The Labute approximate surface area is 264 Å². The molecule has 7 fully saturated rings. The van der Waals surface area contributed by atoms with E-state index in [0.717, 1.165) is 90.0 Å². The number of hydrogen-bond acceptors (Lipinski definition) is 6. The molecule has 0 spiro atoms. The van der Waals surface area contributed by atoms with Gasteiger partial charge in [0.25, 0.3) is 0 Å². The standard InChI is InChI=1S/C37H53FN4O2/c1-44-34(43)21-29-5-2-8-33(29)37(27-41-17-4-18-41,31-6-3-7-32(38)22-31)30-9-19-40(20-10-30)23-28-24-42(25-28)36-14-11-35(26-39,12-15-36)13-16-36/h3,6-7,22,28-30,33H,2,4-5,8-21,23-25,27H2,1H3/t29-,33+,35?,36?,37+/m1/s1. The minimum absolute atomic E-state index is 0.00935. The summed E-state index contributed by atoms with van der Waals surface area (Å²) in [6, 6.07) is 10.2. The van der Waals surface area contributed by atoms with Crippen LogP contribution in [-0.2, 0) is 14.9 Å². The van der Waals surface area contributed by atoms with Crippen molar-refractivity contribution in [3.63, 3.8) is 0 Å². The molecule has 0 aromatic heterocycles. The van der Waals surface area contributed by atoms with Gasteiger partial charge in [-0.05, 0) is 138 Å². The topological polar surface area (TPSA) is 59.8 Å². The van der Waals surface area contributed by atoms with E-state index in [9.17, 15) is 14.4 Å². The molecule has 3 atom stereocenters. The number of esters is 1. The van der Waals surface area contributed by atoms with Crippen LogP contribution in [0.2, 0.25) is 0 Å². The number of carbonyl (C=O) groups excluding carboxylic acids is 1. The number of methoxy groups -OCH3 is 1. The highest BCUT2D eigenvalue weighted by atomic mass is 19.1. The molecule has 6 nitrogen and oxygen atoms in total. The molecule has 0 radical (unpaired) electrons. The maximum atomic E-state index is 14.9. The molecule has 7 heteroatoms. The van der Waals surface area contributed by atoms with Crippen molar-refractivity contribution in [2.75, 3.05) is 59.5 Å². The van der Waals surface area contributed by atoms with Gasteiger partial charge < -0.3 is 14.5 Å². The quantitative estimate of drug-likeness (QED) is 0.305. The van der Waals surface area contributed by atoms with E-state index < -0.39 is 0 Å². The van der Waals surface area contributed by atoms with Crippen LogP contribution in [-0.4, -0.2) is 85.7 Å². The first-order valence-electron chi connectivity index (χ1n) is 17.8. The lowest BCUT2D eigenvalue weighted by molar-refractivity contribution is -0.142. The van der Waals surface area contributed by atoms with Crippen LogP contribution in [0.25, 0.3) is 0 Å². The average molecular weight is 605 g/mol. The minimum Gasteiger partial charge on any atom is -0.469 e. The van der Waals surface area contributed by atoms with Gasteiger partial charge in [0.05, 0.1) is 18.6 Å². The predicted molar refractivity (Wildman–Crippen MR) is 169 cm³/mol. The van der Waals surface area contributed by atoms with E-state index in [1.54, 1.807) is 6.07 Å². The number of carbonyl (C=O) groups is 1. The Bertz CT molecular complexity index is 1210. The van der Waals surface area contributed by atoms with Crippen molar-refractivity contribution in [1.29, 1.82) is 5.26 Å². The normalized spacial score (nSPS) is 35.0. The number of nitrogens with zero attached hydrogens (tertiary/aromatic N) is 4. The highest BCUT2D eigenvalue weighted by molar-refractivity contribution is 5.69. The number of fused-ring (bicyclic) bond motifs is 3. The largest absolute Gasteiger partial charge is 0.469 e. The van der Waals surface area contributed by atoms with E-state index in [2.05, 4.69) is 26.8 Å². The van der Waals surface area contributed by atoms with Crippen LogP contribution in [0.15, 0.2) is 24.3 Å². The summed E-state index contributed by atoms with van der Waals surface area (Å²) in [5.41, 5.74) is 1.39. The highest BCUT2D eigenvalue weighted by Crippen LogP contribution is 2.56. The molecule has 2 bridgehead atoms. The molecule has 1 aromatic rings. The Morgan fingerprint density at radius 3 is 2.34 bits per heavy atom. The third kappa shape index (κ3) is 5.52. The fourth-order valence-corrected chi connectivity index (χ4v) is 10.9. The zero-order valence-corrected chi connectivity index (χ0v) is 27.0. The number of piperidine rings is 1. The average Bonchev–Trinajstić information content (AvgIpc) is 3.48. The van der Waals surface area contributed by atoms with Crippen LogP contribution < -0.4 is 0 Å². The summed E-state index contributed by atoms with van der Waals surface area (Å²) in [5.74, 6) is 1.64. The maximum Gasteiger partial charge on any atom is 0.305 e. The molecule has 3 saturated heterocycles. The summed E-state index contributed by atoms with van der Waals surface area (Å²) < 4.78 is 20.1. The van der Waals surface area contributed by atoms with Gasteiger partial charge in [-0.1, -0.05) is 18.6 Å². The zero-order chi connectivity index (χ0) is 30.4. The molecule has 1 aromatic carbocycles. The lowest BCUT2D eigenvalue weighted by atomic mass is 9.56. The van der Waals surface area contributed by atoms with Gasteiger partial charge in [0.2, 0.25) is 0 Å². The van der Waals surface area contributed by atoms with Gasteiger partial charge in [0, 0.05) is 43.6 Å². The zero-order valence-electron chi connectivity index (χ0n) is 27.0. The van der Waals surface area contributed by atoms with E-state index in [1.807, 2.05) is 12.1 Å². The molecule has 0 unspecified atom stereocenters. The molecule has 4 saturated carbocycles. The number of rotatable bonds is 10. The van der Waals surface area contributed by atoms with Gasteiger partial charge in [0.15, 0.2) is 0 Å². The Balaban J connectivity index is 1.04. The van der Waals surface area contributed by atoms with Crippen LogP contribution in [0, 0.1) is 46.2 Å². The fraction of sp³-hybridized carbons (Fsp3) is 0.784. The summed E-state index contributed by atoms with van der Waals surface area (Å²) >= 11 is 0. The number of benzene rings is 1. The van der Waals surface area contributed by atoms with E-state index in [-0.39, 0.29) is 22.6 Å². The first-order chi connectivity index (χ1) is 21.4. The summed E-state index contributed by atoms with van der Waals surface area (Å²) in [5, 5.41) is 9.70. The third-order valence-corrected chi connectivity index (χ3v) is 13.7. The monoisotopic (exact) mass is 604 g/mol. The second-order valence-corrected chi connectivity index (χ2v) is 15.7. The summed E-state index contributed by atoms with van der Waals surface area (Å²) in [7, 11) is 1.51. The van der Waals surface area contributed by atoms with Gasteiger partial charge in [-0.2, -0.15) is 5.26 Å². The van der Waals surface area contributed by atoms with Crippen molar-refractivity contribution in [3.8, 4) is 6.07 Å². The number of likely N-dealkylation sites (tertiary alicyclic amines) is 3.